The molecule has 0 aliphatic carbocycles. The average Bonchev–Trinajstić information content (AvgIpc) is 3.44. The zero-order valence-electron chi connectivity index (χ0n) is 25.4. The molecule has 0 unspecified atom stereocenters. The van der Waals surface area contributed by atoms with Gasteiger partial charge in [0.25, 0.3) is 0 Å². The predicted molar refractivity (Wildman–Crippen MR) is 171 cm³/mol. The number of alkyl carbamates (subject to hydrolysis) is 1. The lowest BCUT2D eigenvalue weighted by Crippen LogP contribution is -2.40. The summed E-state index contributed by atoms with van der Waals surface area (Å²) in [5.41, 5.74) is -0.366. The Morgan fingerprint density at radius 1 is 1.04 bits per heavy atom. The van der Waals surface area contributed by atoms with Crippen molar-refractivity contribution in [2.24, 2.45) is 0 Å². The number of hydrogen-bond donors (Lipinski definition) is 1. The van der Waals surface area contributed by atoms with Crippen LogP contribution < -0.4 is 20.4 Å². The number of carbonyl (C=O) groups is 2. The molecule has 1 aromatic heterocycles. The highest BCUT2D eigenvalue weighted by molar-refractivity contribution is 6.09. The molecular weight excluding hydrogens is 577 g/mol. The van der Waals surface area contributed by atoms with Gasteiger partial charge in [0.2, 0.25) is 5.43 Å². The van der Waals surface area contributed by atoms with E-state index in [2.05, 4.69) is 5.32 Å². The van der Waals surface area contributed by atoms with Crippen LogP contribution >= 0.6 is 0 Å². The SMILES string of the molecule is CCOC(=O)c1cn2c3c(c(N4CC[C@H](NC(=O)OC(C)(C)C)C4)c(F)cc3c1=O)Oc1cc3c(ccc4ccccc43)cc1-2. The van der Waals surface area contributed by atoms with Crippen LogP contribution in [0.1, 0.15) is 44.5 Å². The molecule has 9 nitrogen and oxygen atoms in total. The van der Waals surface area contributed by atoms with Gasteiger partial charge in [0, 0.05) is 19.3 Å². The summed E-state index contributed by atoms with van der Waals surface area (Å²) in [6, 6.07) is 16.8. The maximum atomic E-state index is 16.2. The fraction of sp³-hybridized carbons (Fsp3) is 0.286. The minimum Gasteiger partial charge on any atom is -0.462 e. The third-order valence-corrected chi connectivity index (χ3v) is 8.19. The number of ether oxygens (including phenoxy) is 3. The summed E-state index contributed by atoms with van der Waals surface area (Å²) in [4.78, 5) is 40.8. The van der Waals surface area contributed by atoms with Gasteiger partial charge < -0.3 is 29.0 Å². The Hall–Kier alpha value is -5.12. The third kappa shape index (κ3) is 4.90. The van der Waals surface area contributed by atoms with Crippen molar-refractivity contribution in [3.05, 3.63) is 82.4 Å². The van der Waals surface area contributed by atoms with Gasteiger partial charge in [-0.3, -0.25) is 4.79 Å². The molecular formula is C35H32FN3O6. The van der Waals surface area contributed by atoms with Crippen molar-refractivity contribution in [3.63, 3.8) is 0 Å². The van der Waals surface area contributed by atoms with Crippen molar-refractivity contribution in [2.75, 3.05) is 24.6 Å². The lowest BCUT2D eigenvalue weighted by Gasteiger charge is -2.29. The summed E-state index contributed by atoms with van der Waals surface area (Å²) in [5.74, 6) is -0.840. The molecule has 0 radical (unpaired) electrons. The first-order chi connectivity index (χ1) is 21.5. The van der Waals surface area contributed by atoms with Crippen LogP contribution in [0.5, 0.6) is 11.5 Å². The second-order valence-corrected chi connectivity index (χ2v) is 12.4. The molecule has 10 heteroatoms. The maximum Gasteiger partial charge on any atom is 0.407 e. The molecule has 1 fully saturated rings. The number of benzene rings is 4. The number of amides is 1. The number of nitrogens with one attached hydrogen (secondary N) is 1. The van der Waals surface area contributed by atoms with Crippen molar-refractivity contribution < 1.29 is 28.2 Å². The van der Waals surface area contributed by atoms with Crippen LogP contribution in [0.3, 0.4) is 0 Å². The number of halogens is 1. The fourth-order valence-electron chi connectivity index (χ4n) is 6.31. The van der Waals surface area contributed by atoms with E-state index in [0.717, 1.165) is 27.6 Å². The van der Waals surface area contributed by atoms with E-state index in [9.17, 15) is 14.4 Å². The number of fused-ring (bicyclic) bond motifs is 5. The molecule has 0 spiro atoms. The Morgan fingerprint density at radius 2 is 1.82 bits per heavy atom. The topological polar surface area (TPSA) is 99.1 Å². The van der Waals surface area contributed by atoms with E-state index in [1.807, 2.05) is 53.4 Å². The summed E-state index contributed by atoms with van der Waals surface area (Å²) < 4.78 is 35.1. The number of carbonyl (C=O) groups excluding carboxylic acids is 2. The minimum absolute atomic E-state index is 0.00342. The standard InChI is InChI=1S/C35H32FN3O6/c1-5-43-33(41)25-18-39-27-14-20-11-10-19-8-6-7-9-22(19)23(20)16-28(27)44-32-29(39)24(31(25)40)15-26(36)30(32)38-13-12-21(17-38)37-34(42)45-35(2,3)4/h6-11,14-16,18,21H,5,12-13,17H2,1-4H3,(H,37,42)/t21-/m0/s1. The van der Waals surface area contributed by atoms with E-state index in [4.69, 9.17) is 14.2 Å². The number of esters is 1. The quantitative estimate of drug-likeness (QED) is 0.173. The highest BCUT2D eigenvalue weighted by Crippen LogP contribution is 2.48. The molecule has 7 rings (SSSR count). The van der Waals surface area contributed by atoms with Crippen LogP contribution in [0.15, 0.2) is 65.6 Å². The van der Waals surface area contributed by atoms with Gasteiger partial charge in [-0.2, -0.15) is 0 Å². The van der Waals surface area contributed by atoms with Crippen LogP contribution in [0.4, 0.5) is 14.9 Å². The molecule has 45 heavy (non-hydrogen) atoms. The fourth-order valence-corrected chi connectivity index (χ4v) is 6.31. The average molecular weight is 610 g/mol. The lowest BCUT2D eigenvalue weighted by atomic mass is 9.99. The van der Waals surface area contributed by atoms with Crippen LogP contribution in [0, 0.1) is 5.82 Å². The minimum atomic E-state index is -0.783. The van der Waals surface area contributed by atoms with E-state index in [-0.39, 0.29) is 35.0 Å². The number of aromatic nitrogens is 1. The summed E-state index contributed by atoms with van der Waals surface area (Å²) in [5, 5.41) is 6.84. The van der Waals surface area contributed by atoms with Crippen molar-refractivity contribution in [2.45, 2.75) is 45.8 Å². The Morgan fingerprint density at radius 3 is 2.60 bits per heavy atom. The Kier molecular flexibility index (Phi) is 6.68. The normalized spacial score (nSPS) is 15.7. The number of pyridine rings is 1. The van der Waals surface area contributed by atoms with Gasteiger partial charge in [-0.15, -0.1) is 0 Å². The maximum absolute atomic E-state index is 16.2. The van der Waals surface area contributed by atoms with E-state index >= 15 is 4.39 Å². The lowest BCUT2D eigenvalue weighted by molar-refractivity contribution is 0.0503. The van der Waals surface area contributed by atoms with Gasteiger partial charge in [-0.25, -0.2) is 14.0 Å². The molecule has 230 valence electrons. The van der Waals surface area contributed by atoms with Crippen LogP contribution in [0.2, 0.25) is 0 Å². The summed E-state index contributed by atoms with van der Waals surface area (Å²) in [6.07, 6.45) is 1.47. The smallest absolute Gasteiger partial charge is 0.407 e. The highest BCUT2D eigenvalue weighted by atomic mass is 19.1. The molecule has 0 bridgehead atoms. The Bertz CT molecular complexity index is 2120. The van der Waals surface area contributed by atoms with E-state index in [1.165, 1.54) is 6.20 Å². The number of hydrogen-bond acceptors (Lipinski definition) is 7. The molecule has 0 saturated carbocycles. The van der Waals surface area contributed by atoms with Crippen LogP contribution in [0.25, 0.3) is 38.1 Å². The molecule has 2 aliphatic heterocycles. The van der Waals surface area contributed by atoms with Crippen molar-refractivity contribution in [1.29, 1.82) is 0 Å². The summed E-state index contributed by atoms with van der Waals surface area (Å²) >= 11 is 0. The molecule has 1 amide bonds. The van der Waals surface area contributed by atoms with Gasteiger partial charge in [-0.1, -0.05) is 36.4 Å². The van der Waals surface area contributed by atoms with Crippen molar-refractivity contribution >= 4 is 50.2 Å². The number of anilines is 1. The van der Waals surface area contributed by atoms with Gasteiger partial charge in [0.05, 0.1) is 23.7 Å². The van der Waals surface area contributed by atoms with E-state index in [0.29, 0.717) is 36.5 Å². The third-order valence-electron chi connectivity index (χ3n) is 8.19. The van der Waals surface area contributed by atoms with Crippen LogP contribution in [-0.4, -0.2) is 48.0 Å². The monoisotopic (exact) mass is 609 g/mol. The van der Waals surface area contributed by atoms with Gasteiger partial charge in [0.15, 0.2) is 17.3 Å². The van der Waals surface area contributed by atoms with E-state index < -0.39 is 28.9 Å². The Labute approximate surface area is 258 Å². The molecule has 1 N–H and O–H groups in total. The van der Waals surface area contributed by atoms with E-state index in [1.54, 1.807) is 32.3 Å². The predicted octanol–water partition coefficient (Wildman–Crippen LogP) is 6.82. The molecule has 1 saturated heterocycles. The summed E-state index contributed by atoms with van der Waals surface area (Å²) in [6.45, 7) is 7.84. The first-order valence-corrected chi connectivity index (χ1v) is 15.0. The Balaban J connectivity index is 1.41. The molecule has 3 heterocycles. The molecule has 5 aromatic rings. The molecule has 1 atom stereocenters. The first-order valence-electron chi connectivity index (χ1n) is 15.0. The molecule has 2 aliphatic rings. The summed E-state index contributed by atoms with van der Waals surface area (Å²) in [7, 11) is 0. The second-order valence-electron chi connectivity index (χ2n) is 12.4. The number of nitrogens with zero attached hydrogens (tertiary/aromatic N) is 2. The molecule has 4 aromatic carbocycles. The van der Waals surface area contributed by atoms with Crippen molar-refractivity contribution in [1.82, 2.24) is 9.88 Å². The largest absolute Gasteiger partial charge is 0.462 e. The first kappa shape index (κ1) is 28.6. The van der Waals surface area contributed by atoms with Gasteiger partial charge in [-0.05, 0) is 73.9 Å². The zero-order chi connectivity index (χ0) is 31.6. The zero-order valence-corrected chi connectivity index (χ0v) is 25.4. The van der Waals surface area contributed by atoms with Gasteiger partial charge in [0.1, 0.15) is 22.4 Å². The van der Waals surface area contributed by atoms with Crippen LogP contribution in [-0.2, 0) is 9.47 Å². The van der Waals surface area contributed by atoms with Gasteiger partial charge >= 0.3 is 12.1 Å². The van der Waals surface area contributed by atoms with Crippen molar-refractivity contribution in [3.8, 4) is 17.2 Å². The number of rotatable bonds is 4. The second kappa shape index (κ2) is 10.5. The highest BCUT2D eigenvalue weighted by Gasteiger charge is 2.34.